The standard InChI is InChI=1S/C10H20F3N3O/c1-2-16(8-10(11,12)13)7-5-3-4-6-9(17)15-14/h2-8,14H2,1H3,(H,15,17). The minimum atomic E-state index is -4.14. The van der Waals surface area contributed by atoms with Crippen molar-refractivity contribution in [2.24, 2.45) is 5.84 Å². The number of carbonyl (C=O) groups is 1. The molecule has 0 aromatic rings. The van der Waals surface area contributed by atoms with Crippen molar-refractivity contribution < 1.29 is 18.0 Å². The molecule has 102 valence electrons. The minimum absolute atomic E-state index is 0.243. The maximum Gasteiger partial charge on any atom is 0.401 e. The van der Waals surface area contributed by atoms with Gasteiger partial charge < -0.3 is 0 Å². The fourth-order valence-electron chi connectivity index (χ4n) is 1.47. The summed E-state index contributed by atoms with van der Waals surface area (Å²) in [5.74, 6) is 4.65. The number of hydrazine groups is 1. The molecule has 4 nitrogen and oxygen atoms in total. The molecule has 0 bridgehead atoms. The predicted octanol–water partition coefficient (Wildman–Crippen LogP) is 1.42. The van der Waals surface area contributed by atoms with Gasteiger partial charge in [0.25, 0.3) is 0 Å². The number of halogens is 3. The van der Waals surface area contributed by atoms with Crippen molar-refractivity contribution in [2.45, 2.75) is 38.8 Å². The van der Waals surface area contributed by atoms with E-state index in [1.807, 2.05) is 5.43 Å². The SMILES string of the molecule is CCN(CCCCCC(=O)NN)CC(F)(F)F. The van der Waals surface area contributed by atoms with E-state index < -0.39 is 12.7 Å². The summed E-state index contributed by atoms with van der Waals surface area (Å²) < 4.78 is 36.3. The highest BCUT2D eigenvalue weighted by Crippen LogP contribution is 2.16. The summed E-state index contributed by atoms with van der Waals surface area (Å²) in [5.41, 5.74) is 2.01. The summed E-state index contributed by atoms with van der Waals surface area (Å²) in [5, 5.41) is 0. The van der Waals surface area contributed by atoms with Crippen LogP contribution in [-0.2, 0) is 4.79 Å². The monoisotopic (exact) mass is 255 g/mol. The second-order valence-electron chi connectivity index (χ2n) is 3.86. The Morgan fingerprint density at radius 3 is 2.41 bits per heavy atom. The van der Waals surface area contributed by atoms with Gasteiger partial charge >= 0.3 is 6.18 Å². The van der Waals surface area contributed by atoms with E-state index in [0.29, 0.717) is 32.4 Å². The lowest BCUT2D eigenvalue weighted by Crippen LogP contribution is -2.34. The normalized spacial score (nSPS) is 11.9. The Balaban J connectivity index is 3.60. The summed E-state index contributed by atoms with van der Waals surface area (Å²) in [6, 6.07) is 0. The molecule has 0 radical (unpaired) electrons. The first-order valence-corrected chi connectivity index (χ1v) is 5.67. The number of amides is 1. The third-order valence-electron chi connectivity index (χ3n) is 2.39. The summed E-state index contributed by atoms with van der Waals surface area (Å²) in [4.78, 5) is 12.1. The van der Waals surface area contributed by atoms with Gasteiger partial charge in [0.2, 0.25) is 5.91 Å². The van der Waals surface area contributed by atoms with Gasteiger partial charge in [0, 0.05) is 6.42 Å². The van der Waals surface area contributed by atoms with Crippen LogP contribution in [0.4, 0.5) is 13.2 Å². The van der Waals surface area contributed by atoms with Gasteiger partial charge in [0.05, 0.1) is 6.54 Å². The fraction of sp³-hybridized carbons (Fsp3) is 0.900. The molecule has 0 rings (SSSR count). The Morgan fingerprint density at radius 2 is 1.94 bits per heavy atom. The maximum atomic E-state index is 12.1. The van der Waals surface area contributed by atoms with Gasteiger partial charge in [-0.3, -0.25) is 15.1 Å². The number of hydrogen-bond donors (Lipinski definition) is 2. The van der Waals surface area contributed by atoms with E-state index in [0.717, 1.165) is 6.42 Å². The average Bonchev–Trinajstić information content (AvgIpc) is 2.25. The molecule has 17 heavy (non-hydrogen) atoms. The molecule has 0 spiro atoms. The van der Waals surface area contributed by atoms with Gasteiger partial charge in [-0.15, -0.1) is 0 Å². The Kier molecular flexibility index (Phi) is 7.90. The molecular weight excluding hydrogens is 235 g/mol. The first kappa shape index (κ1) is 16.2. The topological polar surface area (TPSA) is 58.4 Å². The number of nitrogens with zero attached hydrogens (tertiary/aromatic N) is 1. The Hall–Kier alpha value is -0.820. The van der Waals surface area contributed by atoms with Gasteiger partial charge in [0.1, 0.15) is 0 Å². The number of nitrogens with two attached hydrogens (primary N) is 1. The molecule has 7 heteroatoms. The van der Waals surface area contributed by atoms with E-state index in [1.54, 1.807) is 6.92 Å². The summed E-state index contributed by atoms with van der Waals surface area (Å²) in [7, 11) is 0. The molecule has 0 saturated heterocycles. The summed E-state index contributed by atoms with van der Waals surface area (Å²) in [6.45, 7) is 1.61. The highest BCUT2D eigenvalue weighted by molar-refractivity contribution is 5.74. The highest BCUT2D eigenvalue weighted by Gasteiger charge is 2.29. The molecule has 0 atom stereocenters. The van der Waals surface area contributed by atoms with Crippen LogP contribution in [0, 0.1) is 0 Å². The number of rotatable bonds is 8. The highest BCUT2D eigenvalue weighted by atomic mass is 19.4. The van der Waals surface area contributed by atoms with Gasteiger partial charge in [0.15, 0.2) is 0 Å². The van der Waals surface area contributed by atoms with E-state index in [-0.39, 0.29) is 5.91 Å². The maximum absolute atomic E-state index is 12.1. The molecule has 0 saturated carbocycles. The second-order valence-corrected chi connectivity index (χ2v) is 3.86. The van der Waals surface area contributed by atoms with Gasteiger partial charge in [-0.25, -0.2) is 5.84 Å². The lowest BCUT2D eigenvalue weighted by atomic mass is 10.2. The number of alkyl halides is 3. The molecule has 3 N–H and O–H groups in total. The van der Waals surface area contributed by atoms with Crippen LogP contribution in [0.3, 0.4) is 0 Å². The van der Waals surface area contributed by atoms with Crippen LogP contribution in [0.5, 0.6) is 0 Å². The van der Waals surface area contributed by atoms with E-state index in [2.05, 4.69) is 0 Å². The largest absolute Gasteiger partial charge is 0.401 e. The second kappa shape index (κ2) is 8.30. The first-order valence-electron chi connectivity index (χ1n) is 5.67. The first-order chi connectivity index (χ1) is 7.89. The van der Waals surface area contributed by atoms with E-state index >= 15 is 0 Å². The van der Waals surface area contributed by atoms with Crippen molar-refractivity contribution >= 4 is 5.91 Å². The van der Waals surface area contributed by atoms with Crippen molar-refractivity contribution in [3.8, 4) is 0 Å². The zero-order valence-electron chi connectivity index (χ0n) is 10.0. The van der Waals surface area contributed by atoms with Crippen LogP contribution in [-0.4, -0.2) is 36.6 Å². The number of nitrogens with one attached hydrogen (secondary N) is 1. The van der Waals surface area contributed by atoms with Crippen LogP contribution < -0.4 is 11.3 Å². The Bertz CT molecular complexity index is 221. The number of carbonyl (C=O) groups excluding carboxylic acids is 1. The van der Waals surface area contributed by atoms with Crippen molar-refractivity contribution in [1.82, 2.24) is 10.3 Å². The van der Waals surface area contributed by atoms with Gasteiger partial charge in [-0.2, -0.15) is 13.2 Å². The van der Waals surface area contributed by atoms with E-state index in [1.165, 1.54) is 4.90 Å². The predicted molar refractivity (Wildman–Crippen MR) is 59.0 cm³/mol. The lowest BCUT2D eigenvalue weighted by molar-refractivity contribution is -0.145. The lowest BCUT2D eigenvalue weighted by Gasteiger charge is -2.21. The third-order valence-corrected chi connectivity index (χ3v) is 2.39. The van der Waals surface area contributed by atoms with Crippen LogP contribution in [0.2, 0.25) is 0 Å². The quantitative estimate of drug-likeness (QED) is 0.298. The molecule has 0 aromatic heterocycles. The molecule has 0 aliphatic carbocycles. The molecule has 0 aromatic carbocycles. The van der Waals surface area contributed by atoms with Crippen molar-refractivity contribution in [3.63, 3.8) is 0 Å². The van der Waals surface area contributed by atoms with Crippen LogP contribution in [0.25, 0.3) is 0 Å². The Labute approximate surface area is 99.3 Å². The molecule has 0 aliphatic heterocycles. The summed E-state index contributed by atoms with van der Waals surface area (Å²) >= 11 is 0. The molecule has 0 heterocycles. The smallest absolute Gasteiger partial charge is 0.295 e. The van der Waals surface area contributed by atoms with E-state index in [4.69, 9.17) is 5.84 Å². The molecule has 0 fully saturated rings. The zero-order chi connectivity index (χ0) is 13.3. The van der Waals surface area contributed by atoms with Gasteiger partial charge in [-0.1, -0.05) is 13.3 Å². The minimum Gasteiger partial charge on any atom is -0.295 e. The van der Waals surface area contributed by atoms with Crippen LogP contribution in [0.15, 0.2) is 0 Å². The molecule has 1 amide bonds. The van der Waals surface area contributed by atoms with Crippen molar-refractivity contribution in [3.05, 3.63) is 0 Å². The third kappa shape index (κ3) is 10.1. The fourth-order valence-corrected chi connectivity index (χ4v) is 1.47. The Morgan fingerprint density at radius 1 is 1.29 bits per heavy atom. The molecule has 0 aliphatic rings. The number of hydrogen-bond acceptors (Lipinski definition) is 3. The summed E-state index contributed by atoms with van der Waals surface area (Å²) in [6.07, 6.45) is -1.80. The van der Waals surface area contributed by atoms with Crippen LogP contribution in [0.1, 0.15) is 32.6 Å². The number of unbranched alkanes of at least 4 members (excludes halogenated alkanes) is 2. The van der Waals surface area contributed by atoms with Crippen LogP contribution >= 0.6 is 0 Å². The van der Waals surface area contributed by atoms with Gasteiger partial charge in [-0.05, 0) is 25.9 Å². The van der Waals surface area contributed by atoms with Crippen molar-refractivity contribution in [1.29, 1.82) is 0 Å². The van der Waals surface area contributed by atoms with E-state index in [9.17, 15) is 18.0 Å². The van der Waals surface area contributed by atoms with Crippen molar-refractivity contribution in [2.75, 3.05) is 19.6 Å². The molecule has 0 unspecified atom stereocenters. The average molecular weight is 255 g/mol. The zero-order valence-corrected chi connectivity index (χ0v) is 10.0. The molecular formula is C10H20F3N3O.